The average molecular weight is 342 g/mol. The van der Waals surface area contributed by atoms with Crippen molar-refractivity contribution in [3.63, 3.8) is 0 Å². The summed E-state index contributed by atoms with van der Waals surface area (Å²) in [5.74, 6) is -0.0545. The topological polar surface area (TPSA) is 97.3 Å². The maximum absolute atomic E-state index is 11.6. The Morgan fingerprint density at radius 2 is 1.78 bits per heavy atom. The summed E-state index contributed by atoms with van der Waals surface area (Å²) in [6.07, 6.45) is -0.184. The van der Waals surface area contributed by atoms with Crippen LogP contribution in [0, 0.1) is 0 Å². The number of rotatable bonds is 2. The first-order chi connectivity index (χ1) is 10.9. The zero-order valence-electron chi connectivity index (χ0n) is 12.8. The summed E-state index contributed by atoms with van der Waals surface area (Å²) in [5, 5.41) is 8.02. The van der Waals surface area contributed by atoms with E-state index in [0.717, 1.165) is 5.71 Å². The van der Waals surface area contributed by atoms with Gasteiger partial charge in [0, 0.05) is 23.0 Å². The molecule has 2 rings (SSSR count). The van der Waals surface area contributed by atoms with Gasteiger partial charge in [-0.05, 0) is 31.2 Å². The maximum Gasteiger partial charge on any atom is 0.411 e. The Morgan fingerprint density at radius 1 is 1.22 bits per heavy atom. The van der Waals surface area contributed by atoms with Gasteiger partial charge in [-0.15, -0.1) is 0 Å². The zero-order valence-corrected chi connectivity index (χ0v) is 13.6. The Kier molecular flexibility index (Phi) is 7.01. The highest BCUT2D eigenvalue weighted by molar-refractivity contribution is 6.61. The quantitative estimate of drug-likeness (QED) is 0.834. The number of benzene rings is 1. The lowest BCUT2D eigenvalue weighted by Crippen LogP contribution is -2.19. The molecule has 0 bridgehead atoms. The van der Waals surface area contributed by atoms with E-state index in [1.54, 1.807) is 24.3 Å². The van der Waals surface area contributed by atoms with Gasteiger partial charge >= 0.3 is 11.5 Å². The molecule has 1 aromatic carbocycles. The van der Waals surface area contributed by atoms with Crippen LogP contribution in [-0.4, -0.2) is 37.4 Å². The summed E-state index contributed by atoms with van der Waals surface area (Å²) in [6, 6.07) is 6.79. The van der Waals surface area contributed by atoms with Crippen LogP contribution in [0.3, 0.4) is 0 Å². The minimum absolute atomic E-state index is 0.0545. The lowest BCUT2D eigenvalue weighted by molar-refractivity contribution is -0.116. The van der Waals surface area contributed by atoms with Gasteiger partial charge in [0.2, 0.25) is 0 Å². The molecule has 124 valence electrons. The predicted octanol–water partition coefficient (Wildman–Crippen LogP) is 2.97. The molecule has 0 aromatic heterocycles. The molecule has 9 heteroatoms. The van der Waals surface area contributed by atoms with E-state index in [1.807, 2.05) is 6.92 Å². The monoisotopic (exact) mass is 341 g/mol. The number of hydrogen-bond acceptors (Lipinski definition) is 6. The molecule has 23 heavy (non-hydrogen) atoms. The molecule has 1 N–H and O–H groups in total. The van der Waals surface area contributed by atoms with Crippen molar-refractivity contribution in [3.8, 4) is 0 Å². The van der Waals surface area contributed by atoms with Gasteiger partial charge in [-0.3, -0.25) is 10.1 Å². The molecule has 0 aliphatic carbocycles. The molecular formula is C14H16ClN3O5. The number of ether oxygens (including phenoxy) is 2. The third-order valence-electron chi connectivity index (χ3n) is 2.62. The van der Waals surface area contributed by atoms with Gasteiger partial charge in [0.05, 0.1) is 26.3 Å². The number of halogens is 1. The van der Waals surface area contributed by atoms with Crippen LogP contribution < -0.4 is 10.3 Å². The first kappa shape index (κ1) is 18.4. The summed E-state index contributed by atoms with van der Waals surface area (Å²) in [6.45, 7) is 1.81. The Hall–Kier alpha value is -2.61. The van der Waals surface area contributed by atoms with Gasteiger partial charge in [-0.2, -0.15) is 5.10 Å². The third kappa shape index (κ3) is 5.95. The van der Waals surface area contributed by atoms with Gasteiger partial charge in [-0.25, -0.2) is 14.6 Å². The van der Waals surface area contributed by atoms with Crippen molar-refractivity contribution in [3.05, 3.63) is 24.3 Å². The molecule has 0 fully saturated rings. The molecule has 1 aliphatic heterocycles. The van der Waals surface area contributed by atoms with E-state index in [4.69, 9.17) is 0 Å². The van der Waals surface area contributed by atoms with Crippen molar-refractivity contribution in [2.75, 3.05) is 24.5 Å². The van der Waals surface area contributed by atoms with Gasteiger partial charge in [0.25, 0.3) is 5.91 Å². The summed E-state index contributed by atoms with van der Waals surface area (Å²) in [5.41, 5.74) is 1.28. The summed E-state index contributed by atoms with van der Waals surface area (Å²) >= 11 is 4.60. The number of nitrogens with one attached hydrogen (secondary N) is 1. The number of anilines is 2. The first-order valence-electron chi connectivity index (χ1n) is 6.43. The lowest BCUT2D eigenvalue weighted by atomic mass is 10.2. The van der Waals surface area contributed by atoms with Crippen LogP contribution >= 0.6 is 11.6 Å². The number of hydrogen-bond donors (Lipinski definition) is 1. The summed E-state index contributed by atoms with van der Waals surface area (Å²) < 4.78 is 8.36. The Morgan fingerprint density at radius 3 is 2.17 bits per heavy atom. The maximum atomic E-state index is 11.6. The molecule has 0 unspecified atom stereocenters. The van der Waals surface area contributed by atoms with E-state index in [2.05, 4.69) is 31.5 Å². The van der Waals surface area contributed by atoms with Gasteiger partial charge in [0.15, 0.2) is 0 Å². The van der Waals surface area contributed by atoms with Crippen molar-refractivity contribution < 1.29 is 23.9 Å². The Balaban J connectivity index is 0.000000463. The molecule has 1 aliphatic rings. The number of amides is 2. The highest BCUT2D eigenvalue weighted by Crippen LogP contribution is 2.22. The van der Waals surface area contributed by atoms with Crippen LogP contribution in [0.25, 0.3) is 0 Å². The van der Waals surface area contributed by atoms with Gasteiger partial charge in [-0.1, -0.05) is 0 Å². The van der Waals surface area contributed by atoms with Crippen molar-refractivity contribution in [2.45, 2.75) is 13.3 Å². The lowest BCUT2D eigenvalue weighted by Gasteiger charge is -2.12. The fourth-order valence-corrected chi connectivity index (χ4v) is 1.61. The average Bonchev–Trinajstić information content (AvgIpc) is 2.87. The standard InChI is InChI=1S/C12H13N3O3.C2H3ClO2/c1-8-7-11(16)15(14-8)10-5-3-9(4-6-10)13-12(17)18-2;1-5-2(3)4/h3-6H,7H2,1-2H3,(H,13,17);1H3. The molecule has 0 saturated carbocycles. The van der Waals surface area contributed by atoms with Gasteiger partial charge in [0.1, 0.15) is 0 Å². The zero-order chi connectivity index (χ0) is 17.4. The van der Waals surface area contributed by atoms with E-state index >= 15 is 0 Å². The van der Waals surface area contributed by atoms with E-state index in [9.17, 15) is 14.4 Å². The molecule has 1 heterocycles. The smallest absolute Gasteiger partial charge is 0.411 e. The number of hydrazone groups is 1. The summed E-state index contributed by atoms with van der Waals surface area (Å²) in [7, 11) is 2.51. The summed E-state index contributed by atoms with van der Waals surface area (Å²) in [4.78, 5) is 32.0. The molecule has 8 nitrogen and oxygen atoms in total. The van der Waals surface area contributed by atoms with E-state index in [1.165, 1.54) is 19.2 Å². The molecule has 0 saturated heterocycles. The van der Waals surface area contributed by atoms with Crippen LogP contribution in [0.2, 0.25) is 0 Å². The second-order valence-corrected chi connectivity index (χ2v) is 4.63. The van der Waals surface area contributed by atoms with Crippen molar-refractivity contribution >= 4 is 46.1 Å². The van der Waals surface area contributed by atoms with Crippen LogP contribution in [-0.2, 0) is 14.3 Å². The van der Waals surface area contributed by atoms with Crippen LogP contribution in [0.5, 0.6) is 0 Å². The second kappa shape index (κ2) is 8.74. The van der Waals surface area contributed by atoms with Gasteiger partial charge < -0.3 is 9.47 Å². The number of carbonyl (C=O) groups excluding carboxylic acids is 3. The molecule has 0 radical (unpaired) electrons. The Bertz CT molecular complexity index is 615. The van der Waals surface area contributed by atoms with E-state index < -0.39 is 11.5 Å². The van der Waals surface area contributed by atoms with E-state index in [0.29, 0.717) is 17.8 Å². The third-order valence-corrected chi connectivity index (χ3v) is 2.77. The minimum atomic E-state index is -0.773. The molecule has 2 amide bonds. The van der Waals surface area contributed by atoms with Crippen molar-refractivity contribution in [2.24, 2.45) is 5.10 Å². The minimum Gasteiger partial charge on any atom is -0.457 e. The van der Waals surface area contributed by atoms with Crippen molar-refractivity contribution in [1.29, 1.82) is 0 Å². The number of methoxy groups -OCH3 is 2. The van der Waals surface area contributed by atoms with Crippen LogP contribution in [0.4, 0.5) is 21.0 Å². The normalized spacial score (nSPS) is 12.8. The fraction of sp³-hybridized carbons (Fsp3) is 0.286. The van der Waals surface area contributed by atoms with E-state index in [-0.39, 0.29) is 5.91 Å². The number of carbonyl (C=O) groups is 3. The van der Waals surface area contributed by atoms with Crippen LogP contribution in [0.15, 0.2) is 29.4 Å². The number of nitrogens with zero attached hydrogens (tertiary/aromatic N) is 2. The largest absolute Gasteiger partial charge is 0.457 e. The highest BCUT2D eigenvalue weighted by Gasteiger charge is 2.22. The predicted molar refractivity (Wildman–Crippen MR) is 85.9 cm³/mol. The second-order valence-electron chi connectivity index (χ2n) is 4.32. The highest BCUT2D eigenvalue weighted by atomic mass is 35.5. The fourth-order valence-electron chi connectivity index (χ4n) is 1.61. The molecular weight excluding hydrogens is 326 g/mol. The van der Waals surface area contributed by atoms with Crippen LogP contribution in [0.1, 0.15) is 13.3 Å². The SMILES string of the molecule is COC(=O)Cl.COC(=O)Nc1ccc(N2N=C(C)CC2=O)cc1. The first-order valence-corrected chi connectivity index (χ1v) is 6.80. The molecule has 1 aromatic rings. The Labute approximate surface area is 138 Å². The van der Waals surface area contributed by atoms with Crippen molar-refractivity contribution in [1.82, 2.24) is 0 Å². The molecule has 0 atom stereocenters. The molecule has 0 spiro atoms.